The van der Waals surface area contributed by atoms with Crippen LogP contribution in [0.3, 0.4) is 0 Å². The van der Waals surface area contributed by atoms with Gasteiger partial charge in [0.1, 0.15) is 5.75 Å². The number of rotatable bonds is 7. The zero-order chi connectivity index (χ0) is 16.1. The Morgan fingerprint density at radius 3 is 2.54 bits per heavy atom. The van der Waals surface area contributed by atoms with Crippen LogP contribution < -0.4 is 10.1 Å². The molecule has 2 fully saturated rings. The van der Waals surface area contributed by atoms with Crippen LogP contribution in [0.2, 0.25) is 0 Å². The second-order valence-corrected chi connectivity index (χ2v) is 7.01. The van der Waals surface area contributed by atoms with Gasteiger partial charge in [0, 0.05) is 32.1 Å². The normalized spacial score (nSPS) is 25.0. The highest BCUT2D eigenvalue weighted by Crippen LogP contribution is 2.32. The highest BCUT2D eigenvalue weighted by molar-refractivity contribution is 5.85. The van der Waals surface area contributed by atoms with Gasteiger partial charge in [0.25, 0.3) is 0 Å². The van der Waals surface area contributed by atoms with Crippen molar-refractivity contribution in [1.82, 2.24) is 10.2 Å². The minimum atomic E-state index is 0. The van der Waals surface area contributed by atoms with E-state index in [2.05, 4.69) is 5.32 Å². The Morgan fingerprint density at radius 2 is 1.88 bits per heavy atom. The van der Waals surface area contributed by atoms with Crippen molar-refractivity contribution in [3.63, 3.8) is 0 Å². The number of ether oxygens (including phenoxy) is 1. The van der Waals surface area contributed by atoms with Gasteiger partial charge in [-0.2, -0.15) is 0 Å². The summed E-state index contributed by atoms with van der Waals surface area (Å²) in [6, 6.07) is 11.2. The smallest absolute Gasteiger partial charge is 0.222 e. The van der Waals surface area contributed by atoms with Crippen LogP contribution in [0.4, 0.5) is 0 Å². The maximum Gasteiger partial charge on any atom is 0.222 e. The van der Waals surface area contributed by atoms with E-state index in [-0.39, 0.29) is 18.3 Å². The van der Waals surface area contributed by atoms with Crippen LogP contribution in [-0.2, 0) is 4.79 Å². The van der Waals surface area contributed by atoms with Gasteiger partial charge in [-0.25, -0.2) is 0 Å². The molecule has 5 heteroatoms. The lowest BCUT2D eigenvalue weighted by atomic mass is 9.89. The van der Waals surface area contributed by atoms with Crippen LogP contribution in [0.5, 0.6) is 5.75 Å². The number of nitrogens with zero attached hydrogens (tertiary/aromatic N) is 1. The molecule has 2 bridgehead atoms. The number of carbonyl (C=O) groups excluding carboxylic acids is 1. The largest absolute Gasteiger partial charge is 0.494 e. The standard InChI is InChI=1S/C19H28N2O2.ClH/c1-21(10-5-11-23-18-6-3-2-4-7-18)19(22)14-15-12-16-8-9-17(13-15)20-16;/h2-4,6-7,15-17,20H,5,8-14H2,1H3;1H. The Hall–Kier alpha value is -1.26. The van der Waals surface area contributed by atoms with E-state index in [4.69, 9.17) is 4.74 Å². The predicted octanol–water partition coefficient (Wildman–Crippen LogP) is 3.26. The molecule has 2 atom stereocenters. The molecule has 2 saturated heterocycles. The summed E-state index contributed by atoms with van der Waals surface area (Å²) in [6.07, 6.45) is 6.52. The van der Waals surface area contributed by atoms with Gasteiger partial charge >= 0.3 is 0 Å². The molecule has 0 radical (unpaired) electrons. The number of fused-ring (bicyclic) bond motifs is 2. The number of piperidine rings is 1. The first kappa shape index (κ1) is 19.1. The van der Waals surface area contributed by atoms with Crippen molar-refractivity contribution in [1.29, 1.82) is 0 Å². The second-order valence-electron chi connectivity index (χ2n) is 7.01. The summed E-state index contributed by atoms with van der Waals surface area (Å²) in [7, 11) is 1.92. The maximum atomic E-state index is 12.4. The van der Waals surface area contributed by atoms with Crippen LogP contribution in [-0.4, -0.2) is 43.1 Å². The summed E-state index contributed by atoms with van der Waals surface area (Å²) >= 11 is 0. The second kappa shape index (κ2) is 9.28. The van der Waals surface area contributed by atoms with Gasteiger partial charge in [0.15, 0.2) is 0 Å². The molecule has 0 aromatic heterocycles. The summed E-state index contributed by atoms with van der Waals surface area (Å²) in [5, 5.41) is 3.64. The molecule has 24 heavy (non-hydrogen) atoms. The molecule has 3 rings (SSSR count). The molecule has 1 N–H and O–H groups in total. The molecule has 0 spiro atoms. The van der Waals surface area contributed by atoms with Gasteiger partial charge in [0.05, 0.1) is 6.61 Å². The van der Waals surface area contributed by atoms with Crippen molar-refractivity contribution in [3.05, 3.63) is 30.3 Å². The molecular weight excluding hydrogens is 324 g/mol. The molecule has 2 aliphatic rings. The zero-order valence-corrected chi connectivity index (χ0v) is 15.3. The van der Waals surface area contributed by atoms with E-state index >= 15 is 0 Å². The third kappa shape index (κ3) is 5.38. The minimum Gasteiger partial charge on any atom is -0.494 e. The molecule has 2 aliphatic heterocycles. The van der Waals surface area contributed by atoms with E-state index in [0.717, 1.165) is 18.7 Å². The van der Waals surface area contributed by atoms with E-state index in [0.29, 0.717) is 31.0 Å². The first-order valence-corrected chi connectivity index (χ1v) is 8.88. The Bertz CT molecular complexity index is 499. The molecule has 0 saturated carbocycles. The van der Waals surface area contributed by atoms with Gasteiger partial charge in [-0.1, -0.05) is 18.2 Å². The highest BCUT2D eigenvalue weighted by atomic mass is 35.5. The summed E-state index contributed by atoms with van der Waals surface area (Å²) in [5.74, 6) is 1.76. The summed E-state index contributed by atoms with van der Waals surface area (Å²) in [6.45, 7) is 1.42. The van der Waals surface area contributed by atoms with Gasteiger partial charge in [-0.05, 0) is 50.2 Å². The topological polar surface area (TPSA) is 41.6 Å². The number of benzene rings is 1. The predicted molar refractivity (Wildman–Crippen MR) is 98.7 cm³/mol. The number of carbonyl (C=O) groups is 1. The molecule has 2 heterocycles. The lowest BCUT2D eigenvalue weighted by Gasteiger charge is -2.30. The Balaban J connectivity index is 0.00000208. The van der Waals surface area contributed by atoms with Crippen molar-refractivity contribution in [2.75, 3.05) is 20.2 Å². The SMILES string of the molecule is CN(CCCOc1ccccc1)C(=O)CC1CC2CCC(C1)N2.Cl. The molecule has 1 aromatic rings. The summed E-state index contributed by atoms with van der Waals surface area (Å²) < 4.78 is 5.68. The maximum absolute atomic E-state index is 12.4. The molecule has 134 valence electrons. The number of nitrogens with one attached hydrogen (secondary N) is 1. The highest BCUT2D eigenvalue weighted by Gasteiger charge is 2.34. The van der Waals surface area contributed by atoms with E-state index in [9.17, 15) is 4.79 Å². The molecule has 1 aromatic carbocycles. The molecular formula is C19H29ClN2O2. The number of hydrogen-bond donors (Lipinski definition) is 1. The lowest BCUT2D eigenvalue weighted by molar-refractivity contribution is -0.131. The number of halogens is 1. The third-order valence-electron chi connectivity index (χ3n) is 5.11. The molecule has 1 amide bonds. The van der Waals surface area contributed by atoms with E-state index in [1.165, 1.54) is 25.7 Å². The average Bonchev–Trinajstić information content (AvgIpc) is 2.91. The van der Waals surface area contributed by atoms with Crippen molar-refractivity contribution in [3.8, 4) is 5.75 Å². The first-order valence-electron chi connectivity index (χ1n) is 8.88. The van der Waals surface area contributed by atoms with Gasteiger partial charge in [-0.15, -0.1) is 12.4 Å². The third-order valence-corrected chi connectivity index (χ3v) is 5.11. The Morgan fingerprint density at radius 1 is 1.21 bits per heavy atom. The quantitative estimate of drug-likeness (QED) is 0.766. The number of amides is 1. The molecule has 2 unspecified atom stereocenters. The van der Waals surface area contributed by atoms with Crippen LogP contribution in [0.25, 0.3) is 0 Å². The molecule has 0 aliphatic carbocycles. The van der Waals surface area contributed by atoms with Crippen molar-refractivity contribution in [2.24, 2.45) is 5.92 Å². The molecule has 4 nitrogen and oxygen atoms in total. The number of hydrogen-bond acceptors (Lipinski definition) is 3. The van der Waals surface area contributed by atoms with Gasteiger partial charge < -0.3 is 15.0 Å². The van der Waals surface area contributed by atoms with Gasteiger partial charge in [0.2, 0.25) is 5.91 Å². The van der Waals surface area contributed by atoms with Crippen molar-refractivity contribution < 1.29 is 9.53 Å². The average molecular weight is 353 g/mol. The monoisotopic (exact) mass is 352 g/mol. The van der Waals surface area contributed by atoms with E-state index < -0.39 is 0 Å². The van der Waals surface area contributed by atoms with Crippen molar-refractivity contribution >= 4 is 18.3 Å². The fraction of sp³-hybridized carbons (Fsp3) is 0.632. The van der Waals surface area contributed by atoms with E-state index in [1.807, 2.05) is 42.3 Å². The fourth-order valence-corrected chi connectivity index (χ4v) is 3.88. The van der Waals surface area contributed by atoms with E-state index in [1.54, 1.807) is 0 Å². The van der Waals surface area contributed by atoms with Gasteiger partial charge in [-0.3, -0.25) is 4.79 Å². The number of para-hydroxylation sites is 1. The minimum absolute atomic E-state index is 0. The first-order chi connectivity index (χ1) is 11.2. The fourth-order valence-electron chi connectivity index (χ4n) is 3.88. The Labute approximate surface area is 151 Å². The Kier molecular flexibility index (Phi) is 7.38. The van der Waals surface area contributed by atoms with Crippen molar-refractivity contribution in [2.45, 2.75) is 50.6 Å². The zero-order valence-electron chi connectivity index (χ0n) is 14.4. The van der Waals surface area contributed by atoms with Crippen LogP contribution >= 0.6 is 12.4 Å². The van der Waals surface area contributed by atoms with Crippen LogP contribution in [0, 0.1) is 5.92 Å². The lowest BCUT2D eigenvalue weighted by Crippen LogP contribution is -2.40. The summed E-state index contributed by atoms with van der Waals surface area (Å²) in [5.41, 5.74) is 0. The van der Waals surface area contributed by atoms with Crippen LogP contribution in [0.15, 0.2) is 30.3 Å². The summed E-state index contributed by atoms with van der Waals surface area (Å²) in [4.78, 5) is 14.2. The van der Waals surface area contributed by atoms with Crippen LogP contribution in [0.1, 0.15) is 38.5 Å².